The number of unbranched alkanes of at least 4 members (excludes halogenated alkanes) is 7. The van der Waals surface area contributed by atoms with Gasteiger partial charge in [-0.2, -0.15) is 0 Å². The molecule has 0 N–H and O–H groups in total. The lowest BCUT2D eigenvalue weighted by Gasteiger charge is -2.07. The van der Waals surface area contributed by atoms with Gasteiger partial charge in [0.05, 0.1) is 13.2 Å². The third-order valence-electron chi connectivity index (χ3n) is 3.42. The number of rotatable bonds is 13. The van der Waals surface area contributed by atoms with Gasteiger partial charge in [-0.1, -0.05) is 51.9 Å². The standard InChI is InChI=1S/C18H32O4/c1-4-7-8-9-10-11-12-13-14-16(18(20)22-6-3)15-17(19)21-5-2/h15H,4-14H2,1-3H3/b16-15+. The zero-order chi connectivity index (χ0) is 16.6. The molecular weight excluding hydrogens is 280 g/mol. The topological polar surface area (TPSA) is 52.6 Å². The summed E-state index contributed by atoms with van der Waals surface area (Å²) in [5.41, 5.74) is 0.422. The van der Waals surface area contributed by atoms with E-state index in [1.807, 2.05) is 0 Å². The number of hydrogen-bond acceptors (Lipinski definition) is 4. The van der Waals surface area contributed by atoms with Crippen LogP contribution in [0.3, 0.4) is 0 Å². The van der Waals surface area contributed by atoms with Gasteiger partial charge in [-0.3, -0.25) is 0 Å². The van der Waals surface area contributed by atoms with E-state index < -0.39 is 11.9 Å². The molecular formula is C18H32O4. The Morgan fingerprint density at radius 1 is 0.773 bits per heavy atom. The predicted octanol–water partition coefficient (Wildman–Crippen LogP) is 4.57. The first kappa shape index (κ1) is 20.7. The molecule has 0 saturated carbocycles. The predicted molar refractivity (Wildman–Crippen MR) is 88.6 cm³/mol. The van der Waals surface area contributed by atoms with Crippen LogP contribution in [0, 0.1) is 0 Å². The fraction of sp³-hybridized carbons (Fsp3) is 0.778. The Morgan fingerprint density at radius 3 is 1.86 bits per heavy atom. The lowest BCUT2D eigenvalue weighted by Crippen LogP contribution is -2.11. The van der Waals surface area contributed by atoms with Gasteiger partial charge in [0.1, 0.15) is 0 Å². The monoisotopic (exact) mass is 312 g/mol. The van der Waals surface area contributed by atoms with Crippen molar-refractivity contribution >= 4 is 11.9 Å². The van der Waals surface area contributed by atoms with Crippen LogP contribution in [-0.4, -0.2) is 25.2 Å². The molecule has 0 unspecified atom stereocenters. The Balaban J connectivity index is 4.08. The second kappa shape index (κ2) is 14.6. The van der Waals surface area contributed by atoms with Gasteiger partial charge in [-0.25, -0.2) is 9.59 Å². The minimum Gasteiger partial charge on any atom is -0.463 e. The molecule has 0 bridgehead atoms. The Hall–Kier alpha value is -1.32. The number of carbonyl (C=O) groups is 2. The van der Waals surface area contributed by atoms with E-state index in [1.165, 1.54) is 44.6 Å². The molecule has 0 aromatic carbocycles. The maximum absolute atomic E-state index is 11.8. The fourth-order valence-corrected chi connectivity index (χ4v) is 2.23. The second-order valence-corrected chi connectivity index (χ2v) is 5.37. The molecule has 0 radical (unpaired) electrons. The summed E-state index contributed by atoms with van der Waals surface area (Å²) in [7, 11) is 0. The third kappa shape index (κ3) is 11.4. The number of esters is 2. The first-order valence-electron chi connectivity index (χ1n) is 8.70. The molecule has 0 rings (SSSR count). The van der Waals surface area contributed by atoms with Crippen LogP contribution in [0.2, 0.25) is 0 Å². The highest BCUT2D eigenvalue weighted by atomic mass is 16.5. The van der Waals surface area contributed by atoms with Gasteiger partial charge in [0.15, 0.2) is 0 Å². The van der Waals surface area contributed by atoms with Crippen molar-refractivity contribution in [3.8, 4) is 0 Å². The zero-order valence-electron chi connectivity index (χ0n) is 14.5. The van der Waals surface area contributed by atoms with Crippen LogP contribution < -0.4 is 0 Å². The average molecular weight is 312 g/mol. The van der Waals surface area contributed by atoms with Crippen molar-refractivity contribution in [2.45, 2.75) is 78.6 Å². The highest BCUT2D eigenvalue weighted by Crippen LogP contribution is 2.14. The highest BCUT2D eigenvalue weighted by molar-refractivity contribution is 5.96. The maximum Gasteiger partial charge on any atom is 0.334 e. The maximum atomic E-state index is 11.8. The van der Waals surface area contributed by atoms with Crippen LogP contribution >= 0.6 is 0 Å². The molecule has 0 aromatic heterocycles. The van der Waals surface area contributed by atoms with Gasteiger partial charge in [-0.05, 0) is 26.7 Å². The van der Waals surface area contributed by atoms with Crippen LogP contribution in [0.25, 0.3) is 0 Å². The molecule has 128 valence electrons. The summed E-state index contributed by atoms with van der Waals surface area (Å²) in [6, 6.07) is 0. The van der Waals surface area contributed by atoms with Crippen molar-refractivity contribution in [1.29, 1.82) is 0 Å². The van der Waals surface area contributed by atoms with Crippen molar-refractivity contribution in [3.05, 3.63) is 11.6 Å². The highest BCUT2D eigenvalue weighted by Gasteiger charge is 2.12. The van der Waals surface area contributed by atoms with E-state index in [1.54, 1.807) is 13.8 Å². The summed E-state index contributed by atoms with van der Waals surface area (Å²) in [6.07, 6.45) is 11.4. The van der Waals surface area contributed by atoms with E-state index in [0.29, 0.717) is 25.2 Å². The number of carbonyl (C=O) groups excluding carboxylic acids is 2. The van der Waals surface area contributed by atoms with E-state index in [9.17, 15) is 9.59 Å². The normalized spacial score (nSPS) is 11.3. The average Bonchev–Trinajstić information content (AvgIpc) is 2.49. The van der Waals surface area contributed by atoms with Crippen molar-refractivity contribution < 1.29 is 19.1 Å². The molecule has 0 amide bonds. The second-order valence-electron chi connectivity index (χ2n) is 5.37. The Labute approximate surface area is 135 Å². The van der Waals surface area contributed by atoms with Crippen molar-refractivity contribution in [1.82, 2.24) is 0 Å². The molecule has 22 heavy (non-hydrogen) atoms. The van der Waals surface area contributed by atoms with Gasteiger partial charge in [-0.15, -0.1) is 0 Å². The van der Waals surface area contributed by atoms with Crippen molar-refractivity contribution in [2.24, 2.45) is 0 Å². The van der Waals surface area contributed by atoms with Gasteiger partial charge in [0.2, 0.25) is 0 Å². The molecule has 0 aliphatic carbocycles. The lowest BCUT2D eigenvalue weighted by molar-refractivity contribution is -0.141. The molecule has 0 saturated heterocycles. The fourth-order valence-electron chi connectivity index (χ4n) is 2.23. The SMILES string of the molecule is CCCCCCCCCC/C(=C\C(=O)OCC)C(=O)OCC. The largest absolute Gasteiger partial charge is 0.463 e. The molecule has 0 fully saturated rings. The minimum absolute atomic E-state index is 0.309. The first-order chi connectivity index (χ1) is 10.7. The van der Waals surface area contributed by atoms with E-state index in [-0.39, 0.29) is 0 Å². The molecule has 4 heteroatoms. The molecule has 0 atom stereocenters. The Bertz CT molecular complexity index is 334. The van der Waals surface area contributed by atoms with Crippen LogP contribution in [0.15, 0.2) is 11.6 Å². The smallest absolute Gasteiger partial charge is 0.334 e. The van der Waals surface area contributed by atoms with E-state index in [0.717, 1.165) is 12.8 Å². The summed E-state index contributed by atoms with van der Waals surface area (Å²) in [5, 5.41) is 0. The quantitative estimate of drug-likeness (QED) is 0.284. The minimum atomic E-state index is -0.467. The molecule has 0 heterocycles. The molecule has 0 aliphatic rings. The third-order valence-corrected chi connectivity index (χ3v) is 3.42. The summed E-state index contributed by atoms with van der Waals surface area (Å²) >= 11 is 0. The summed E-state index contributed by atoms with van der Waals surface area (Å²) < 4.78 is 9.85. The van der Waals surface area contributed by atoms with Crippen LogP contribution in [0.5, 0.6) is 0 Å². The van der Waals surface area contributed by atoms with Gasteiger partial charge in [0.25, 0.3) is 0 Å². The summed E-state index contributed by atoms with van der Waals surface area (Å²) in [4.78, 5) is 23.3. The van der Waals surface area contributed by atoms with Crippen LogP contribution in [0.1, 0.15) is 78.6 Å². The lowest BCUT2D eigenvalue weighted by atomic mass is 10.0. The molecule has 0 aromatic rings. The van der Waals surface area contributed by atoms with Crippen molar-refractivity contribution in [3.63, 3.8) is 0 Å². The Morgan fingerprint density at radius 2 is 1.32 bits per heavy atom. The molecule has 0 spiro atoms. The summed E-state index contributed by atoms with van der Waals surface area (Å²) in [6.45, 7) is 6.34. The van der Waals surface area contributed by atoms with E-state index in [2.05, 4.69) is 6.92 Å². The molecule has 4 nitrogen and oxygen atoms in total. The van der Waals surface area contributed by atoms with Crippen molar-refractivity contribution in [2.75, 3.05) is 13.2 Å². The first-order valence-corrected chi connectivity index (χ1v) is 8.70. The zero-order valence-corrected chi connectivity index (χ0v) is 14.5. The van der Waals surface area contributed by atoms with Gasteiger partial charge < -0.3 is 9.47 Å². The number of hydrogen-bond donors (Lipinski definition) is 0. The van der Waals surface area contributed by atoms with Gasteiger partial charge >= 0.3 is 11.9 Å². The van der Waals surface area contributed by atoms with Crippen LogP contribution in [-0.2, 0) is 19.1 Å². The van der Waals surface area contributed by atoms with Gasteiger partial charge in [0, 0.05) is 11.6 Å². The molecule has 0 aliphatic heterocycles. The van der Waals surface area contributed by atoms with E-state index in [4.69, 9.17) is 9.47 Å². The summed E-state index contributed by atoms with van der Waals surface area (Å²) in [5.74, 6) is -0.872. The Kier molecular flexibility index (Phi) is 13.7. The van der Waals surface area contributed by atoms with E-state index >= 15 is 0 Å². The number of ether oxygens (including phenoxy) is 2. The van der Waals surface area contributed by atoms with Crippen LogP contribution in [0.4, 0.5) is 0 Å².